The Balaban J connectivity index is 2.94. The van der Waals surface area contributed by atoms with Crippen LogP contribution in [-0.2, 0) is 4.79 Å². The summed E-state index contributed by atoms with van der Waals surface area (Å²) in [6.45, 7) is 5.03. The topological polar surface area (TPSA) is 61.7 Å². The quantitative estimate of drug-likeness (QED) is 0.658. The molecule has 0 bridgehead atoms. The lowest BCUT2D eigenvalue weighted by Gasteiger charge is -2.12. The highest BCUT2D eigenvalue weighted by atomic mass is 16.3. The summed E-state index contributed by atoms with van der Waals surface area (Å²) in [5, 5.41) is 12.4. The van der Waals surface area contributed by atoms with Crippen LogP contribution in [0.3, 0.4) is 0 Å². The summed E-state index contributed by atoms with van der Waals surface area (Å²) in [7, 11) is 0. The third-order valence-corrected chi connectivity index (χ3v) is 1.77. The number of carbonyl (C=O) groups excluding carboxylic acids is 1. The van der Waals surface area contributed by atoms with Gasteiger partial charge in [-0.15, -0.1) is 0 Å². The highest BCUT2D eigenvalue weighted by Gasteiger charge is 2.16. The average molecular weight is 194 g/mol. The van der Waals surface area contributed by atoms with E-state index < -0.39 is 0 Å². The van der Waals surface area contributed by atoms with E-state index in [0.29, 0.717) is 24.5 Å². The highest BCUT2D eigenvalue weighted by molar-refractivity contribution is 6.49. The molecule has 0 atom stereocenters. The Labute approximate surface area is 83.0 Å². The minimum Gasteiger partial charge on any atom is -0.506 e. The predicted molar refractivity (Wildman–Crippen MR) is 55.5 cm³/mol. The largest absolute Gasteiger partial charge is 0.506 e. The maximum absolute atomic E-state index is 11.3. The number of nitrogens with one attached hydrogen (secondary N) is 1. The molecule has 2 N–H and O–H groups in total. The molecular formula is C10H14N2O2. The SMILES string of the molecule is CCN=C1C=C(NCC)C(O)=CC1=O. The lowest BCUT2D eigenvalue weighted by Crippen LogP contribution is -2.23. The first kappa shape index (κ1) is 10.5. The number of ketones is 1. The Hall–Kier alpha value is -1.58. The van der Waals surface area contributed by atoms with Gasteiger partial charge in [0.15, 0.2) is 0 Å². The van der Waals surface area contributed by atoms with Gasteiger partial charge in [0.2, 0.25) is 5.78 Å². The molecule has 0 aromatic heterocycles. The first-order valence-corrected chi connectivity index (χ1v) is 4.64. The molecule has 0 unspecified atom stereocenters. The van der Waals surface area contributed by atoms with E-state index in [9.17, 15) is 9.90 Å². The van der Waals surface area contributed by atoms with E-state index in [-0.39, 0.29) is 11.5 Å². The number of rotatable bonds is 3. The van der Waals surface area contributed by atoms with Gasteiger partial charge in [-0.2, -0.15) is 0 Å². The van der Waals surface area contributed by atoms with E-state index in [1.807, 2.05) is 13.8 Å². The Morgan fingerprint density at radius 3 is 2.71 bits per heavy atom. The lowest BCUT2D eigenvalue weighted by atomic mass is 10.1. The standard InChI is InChI=1S/C10H14N2O2/c1-3-11-7-5-8(12-4-2)10(14)6-9(7)13/h5-6,11,13H,3-4H2,1-2H3. The molecule has 0 radical (unpaired) electrons. The van der Waals surface area contributed by atoms with Gasteiger partial charge in [-0.05, 0) is 19.9 Å². The lowest BCUT2D eigenvalue weighted by molar-refractivity contribution is -0.109. The predicted octanol–water partition coefficient (Wildman–Crippen LogP) is 0.965. The molecule has 0 spiro atoms. The zero-order chi connectivity index (χ0) is 10.6. The molecule has 14 heavy (non-hydrogen) atoms. The number of aliphatic imine (C=N–C) groups is 1. The summed E-state index contributed by atoms with van der Waals surface area (Å²) in [6, 6.07) is 0. The molecule has 0 aliphatic heterocycles. The van der Waals surface area contributed by atoms with Crippen molar-refractivity contribution in [2.24, 2.45) is 4.99 Å². The van der Waals surface area contributed by atoms with Crippen molar-refractivity contribution in [3.63, 3.8) is 0 Å². The van der Waals surface area contributed by atoms with Crippen LogP contribution < -0.4 is 5.32 Å². The third kappa shape index (κ3) is 2.22. The fourth-order valence-electron chi connectivity index (χ4n) is 1.18. The zero-order valence-electron chi connectivity index (χ0n) is 8.37. The smallest absolute Gasteiger partial charge is 0.207 e. The summed E-state index contributed by atoms with van der Waals surface area (Å²) in [4.78, 5) is 15.3. The molecule has 0 saturated carbocycles. The molecule has 0 amide bonds. The number of aliphatic hydroxyl groups excluding tert-OH is 1. The fourth-order valence-corrected chi connectivity index (χ4v) is 1.18. The molecule has 0 heterocycles. The monoisotopic (exact) mass is 194 g/mol. The van der Waals surface area contributed by atoms with Gasteiger partial charge in [0.1, 0.15) is 11.5 Å². The second kappa shape index (κ2) is 4.60. The van der Waals surface area contributed by atoms with E-state index in [2.05, 4.69) is 10.3 Å². The second-order valence-electron chi connectivity index (χ2n) is 2.84. The maximum atomic E-state index is 11.3. The van der Waals surface area contributed by atoms with Crippen LogP contribution in [0.25, 0.3) is 0 Å². The van der Waals surface area contributed by atoms with Crippen molar-refractivity contribution in [2.75, 3.05) is 13.1 Å². The molecule has 1 rings (SSSR count). The molecule has 0 aromatic carbocycles. The summed E-state index contributed by atoms with van der Waals surface area (Å²) in [5.41, 5.74) is 0.945. The summed E-state index contributed by atoms with van der Waals surface area (Å²) in [6.07, 6.45) is 2.76. The Bertz CT molecular complexity index is 327. The van der Waals surface area contributed by atoms with Crippen LogP contribution in [0.15, 0.2) is 28.6 Å². The molecule has 1 aliphatic carbocycles. The Morgan fingerprint density at radius 2 is 2.14 bits per heavy atom. The van der Waals surface area contributed by atoms with Crippen LogP contribution in [0.1, 0.15) is 13.8 Å². The molecule has 4 heteroatoms. The summed E-state index contributed by atoms with van der Waals surface area (Å²) >= 11 is 0. The van der Waals surface area contributed by atoms with Crippen molar-refractivity contribution >= 4 is 11.5 Å². The number of carbonyl (C=O) groups is 1. The van der Waals surface area contributed by atoms with Crippen LogP contribution in [0.2, 0.25) is 0 Å². The van der Waals surface area contributed by atoms with Crippen LogP contribution >= 0.6 is 0 Å². The van der Waals surface area contributed by atoms with Crippen molar-refractivity contribution in [1.29, 1.82) is 0 Å². The minimum absolute atomic E-state index is 0.0214. The number of hydrogen-bond donors (Lipinski definition) is 2. The second-order valence-corrected chi connectivity index (χ2v) is 2.84. The van der Waals surface area contributed by atoms with Crippen LogP contribution in [0.4, 0.5) is 0 Å². The van der Waals surface area contributed by atoms with Crippen molar-refractivity contribution < 1.29 is 9.90 Å². The maximum Gasteiger partial charge on any atom is 0.207 e. The number of nitrogens with zero attached hydrogens (tertiary/aromatic N) is 1. The van der Waals surface area contributed by atoms with Crippen molar-refractivity contribution in [1.82, 2.24) is 5.32 Å². The van der Waals surface area contributed by atoms with Crippen molar-refractivity contribution in [3.8, 4) is 0 Å². The van der Waals surface area contributed by atoms with Crippen molar-refractivity contribution in [2.45, 2.75) is 13.8 Å². The number of allylic oxidation sites excluding steroid dienone is 2. The van der Waals surface area contributed by atoms with Gasteiger partial charge in [-0.1, -0.05) is 0 Å². The van der Waals surface area contributed by atoms with Gasteiger partial charge in [0.05, 0.1) is 5.70 Å². The number of aliphatic hydroxyl groups is 1. The molecular weight excluding hydrogens is 180 g/mol. The van der Waals surface area contributed by atoms with E-state index in [4.69, 9.17) is 0 Å². The van der Waals surface area contributed by atoms with Gasteiger partial charge < -0.3 is 10.4 Å². The number of hydrogen-bond acceptors (Lipinski definition) is 4. The highest BCUT2D eigenvalue weighted by Crippen LogP contribution is 2.10. The third-order valence-electron chi connectivity index (χ3n) is 1.77. The first-order chi connectivity index (χ1) is 6.69. The normalized spacial score (nSPS) is 19.3. The van der Waals surface area contributed by atoms with E-state index in [1.54, 1.807) is 6.08 Å². The molecule has 76 valence electrons. The number of likely N-dealkylation sites (N-methyl/N-ethyl adjacent to an activating group) is 1. The first-order valence-electron chi connectivity index (χ1n) is 4.64. The van der Waals surface area contributed by atoms with Gasteiger partial charge >= 0.3 is 0 Å². The molecule has 0 saturated heterocycles. The average Bonchev–Trinajstić information content (AvgIpc) is 2.14. The van der Waals surface area contributed by atoms with Crippen molar-refractivity contribution in [3.05, 3.63) is 23.6 Å². The fraction of sp³-hybridized carbons (Fsp3) is 0.400. The van der Waals surface area contributed by atoms with Gasteiger partial charge in [0, 0.05) is 19.2 Å². The van der Waals surface area contributed by atoms with Gasteiger partial charge in [-0.3, -0.25) is 9.79 Å². The van der Waals surface area contributed by atoms with Gasteiger partial charge in [-0.25, -0.2) is 0 Å². The summed E-state index contributed by atoms with van der Waals surface area (Å²) < 4.78 is 0. The van der Waals surface area contributed by atoms with E-state index >= 15 is 0 Å². The molecule has 1 aliphatic rings. The molecule has 0 aromatic rings. The van der Waals surface area contributed by atoms with Crippen LogP contribution in [0.5, 0.6) is 0 Å². The Kier molecular flexibility index (Phi) is 3.45. The van der Waals surface area contributed by atoms with Crippen LogP contribution in [0, 0.1) is 0 Å². The minimum atomic E-state index is -0.244. The van der Waals surface area contributed by atoms with E-state index in [0.717, 1.165) is 0 Å². The zero-order valence-corrected chi connectivity index (χ0v) is 8.37. The van der Waals surface area contributed by atoms with Gasteiger partial charge in [0.25, 0.3) is 0 Å². The Morgan fingerprint density at radius 1 is 1.43 bits per heavy atom. The van der Waals surface area contributed by atoms with Crippen LogP contribution in [-0.4, -0.2) is 29.7 Å². The molecule has 0 fully saturated rings. The van der Waals surface area contributed by atoms with E-state index in [1.165, 1.54) is 6.08 Å². The summed E-state index contributed by atoms with van der Waals surface area (Å²) in [5.74, 6) is -0.266. The molecule has 4 nitrogen and oxygen atoms in total.